The Morgan fingerprint density at radius 1 is 0.913 bits per heavy atom. The average molecular weight is 343 g/mol. The van der Waals surface area contributed by atoms with Crippen molar-refractivity contribution < 1.29 is 19.1 Å². The molecule has 1 aromatic rings. The number of hydrogen-bond donors (Lipinski definition) is 0. The van der Waals surface area contributed by atoms with Crippen molar-refractivity contribution in [1.29, 1.82) is 0 Å². The maximum Gasteiger partial charge on any atom is 0.415 e. The van der Waals surface area contributed by atoms with E-state index in [1.54, 1.807) is 6.07 Å². The summed E-state index contributed by atoms with van der Waals surface area (Å²) in [4.78, 5) is 27.0. The normalized spacial score (nSPS) is 10.1. The van der Waals surface area contributed by atoms with Gasteiger partial charge in [0.25, 0.3) is 0 Å². The van der Waals surface area contributed by atoms with Crippen molar-refractivity contribution in [3.63, 3.8) is 0 Å². The maximum absolute atomic E-state index is 12.0. The maximum atomic E-state index is 12.0. The van der Waals surface area contributed by atoms with E-state index in [9.17, 15) is 9.59 Å². The Bertz CT molecular complexity index is 543. The Hall–Kier alpha value is -1.95. The summed E-state index contributed by atoms with van der Waals surface area (Å²) in [5.74, 6) is 0.432. The quantitative estimate of drug-likeness (QED) is 0.783. The van der Waals surface area contributed by atoms with Crippen molar-refractivity contribution in [3.8, 4) is 11.5 Å². The molecule has 23 heavy (non-hydrogen) atoms. The highest BCUT2D eigenvalue weighted by molar-refractivity contribution is 6.32. The number of carbonyl (C=O) groups excluding carboxylic acids is 2. The first kappa shape index (κ1) is 19.1. The lowest BCUT2D eigenvalue weighted by Gasteiger charge is -2.19. The largest absolute Gasteiger partial charge is 0.415 e. The van der Waals surface area contributed by atoms with E-state index in [4.69, 9.17) is 21.1 Å². The van der Waals surface area contributed by atoms with Crippen LogP contribution in [0.25, 0.3) is 0 Å². The molecular weight excluding hydrogens is 320 g/mol. The minimum atomic E-state index is -0.496. The number of nitrogens with zero attached hydrogens (tertiary/aromatic N) is 2. The molecule has 0 aliphatic rings. The second-order valence-electron chi connectivity index (χ2n) is 4.67. The van der Waals surface area contributed by atoms with Crippen LogP contribution in [0.2, 0.25) is 5.02 Å². The van der Waals surface area contributed by atoms with E-state index < -0.39 is 12.2 Å². The predicted octanol–water partition coefficient (Wildman–Crippen LogP) is 4.02. The molecule has 128 valence electrons. The third-order valence-corrected chi connectivity index (χ3v) is 3.66. The van der Waals surface area contributed by atoms with Crippen LogP contribution in [0, 0.1) is 0 Å². The lowest BCUT2D eigenvalue weighted by molar-refractivity contribution is 0.155. The van der Waals surface area contributed by atoms with Crippen molar-refractivity contribution in [2.24, 2.45) is 0 Å². The van der Waals surface area contributed by atoms with Gasteiger partial charge in [0.1, 0.15) is 5.75 Å². The molecule has 1 rings (SSSR count). The first-order chi connectivity index (χ1) is 11.0. The Morgan fingerprint density at radius 3 is 1.87 bits per heavy atom. The van der Waals surface area contributed by atoms with E-state index in [-0.39, 0.29) is 16.5 Å². The molecule has 0 bridgehead atoms. The first-order valence-electron chi connectivity index (χ1n) is 7.69. The summed E-state index contributed by atoms with van der Waals surface area (Å²) in [6.45, 7) is 9.60. The van der Waals surface area contributed by atoms with E-state index in [2.05, 4.69) is 0 Å². The molecule has 0 unspecified atom stereocenters. The lowest BCUT2D eigenvalue weighted by atomic mass is 10.3. The monoisotopic (exact) mass is 342 g/mol. The molecule has 2 amide bonds. The van der Waals surface area contributed by atoms with Crippen molar-refractivity contribution in [2.75, 3.05) is 26.2 Å². The molecule has 0 N–H and O–H groups in total. The van der Waals surface area contributed by atoms with Crippen LogP contribution in [-0.4, -0.2) is 48.2 Å². The number of halogens is 1. The van der Waals surface area contributed by atoms with Gasteiger partial charge in [0.2, 0.25) is 0 Å². The summed E-state index contributed by atoms with van der Waals surface area (Å²) in [6.07, 6.45) is -0.956. The Morgan fingerprint density at radius 2 is 1.39 bits per heavy atom. The highest BCUT2D eigenvalue weighted by Gasteiger charge is 2.17. The minimum Gasteiger partial charge on any atom is -0.410 e. The van der Waals surface area contributed by atoms with Crippen LogP contribution in [0.1, 0.15) is 27.7 Å². The smallest absolute Gasteiger partial charge is 0.410 e. The zero-order chi connectivity index (χ0) is 17.4. The summed E-state index contributed by atoms with van der Waals surface area (Å²) < 4.78 is 10.5. The van der Waals surface area contributed by atoms with Gasteiger partial charge in [-0.1, -0.05) is 11.6 Å². The molecule has 6 nitrogen and oxygen atoms in total. The van der Waals surface area contributed by atoms with Gasteiger partial charge in [0, 0.05) is 32.2 Å². The fraction of sp³-hybridized carbons (Fsp3) is 0.500. The van der Waals surface area contributed by atoms with Gasteiger partial charge in [0.05, 0.1) is 5.02 Å². The SMILES string of the molecule is CCN(CC)C(=O)Oc1ccc(Cl)c(OC(=O)N(CC)CC)c1. The summed E-state index contributed by atoms with van der Waals surface area (Å²) in [7, 11) is 0. The van der Waals surface area contributed by atoms with Crippen LogP contribution in [0.15, 0.2) is 18.2 Å². The van der Waals surface area contributed by atoms with Crippen LogP contribution in [0.4, 0.5) is 9.59 Å². The topological polar surface area (TPSA) is 59.1 Å². The van der Waals surface area contributed by atoms with Crippen molar-refractivity contribution in [2.45, 2.75) is 27.7 Å². The van der Waals surface area contributed by atoms with E-state index in [1.165, 1.54) is 21.9 Å². The van der Waals surface area contributed by atoms with Crippen LogP contribution >= 0.6 is 11.6 Å². The highest BCUT2D eigenvalue weighted by Crippen LogP contribution is 2.29. The molecule has 0 radical (unpaired) electrons. The minimum absolute atomic E-state index is 0.161. The molecule has 7 heteroatoms. The number of benzene rings is 1. The van der Waals surface area contributed by atoms with Crippen molar-refractivity contribution in [3.05, 3.63) is 23.2 Å². The molecule has 0 aliphatic heterocycles. The zero-order valence-electron chi connectivity index (χ0n) is 14.0. The number of hydrogen-bond acceptors (Lipinski definition) is 4. The average Bonchev–Trinajstić information content (AvgIpc) is 2.53. The van der Waals surface area contributed by atoms with Crippen LogP contribution < -0.4 is 9.47 Å². The Labute approximate surface area is 141 Å². The number of amides is 2. The molecule has 0 heterocycles. The fourth-order valence-electron chi connectivity index (χ4n) is 1.91. The van der Waals surface area contributed by atoms with Gasteiger partial charge < -0.3 is 19.3 Å². The third-order valence-electron chi connectivity index (χ3n) is 3.35. The van der Waals surface area contributed by atoms with Crippen molar-refractivity contribution in [1.82, 2.24) is 9.80 Å². The van der Waals surface area contributed by atoms with E-state index in [1.807, 2.05) is 27.7 Å². The second-order valence-corrected chi connectivity index (χ2v) is 5.08. The molecule has 0 aliphatic carbocycles. The highest BCUT2D eigenvalue weighted by atomic mass is 35.5. The number of rotatable bonds is 6. The molecular formula is C16H23ClN2O4. The van der Waals surface area contributed by atoms with Crippen LogP contribution in [0.5, 0.6) is 11.5 Å². The third kappa shape index (κ3) is 5.32. The fourth-order valence-corrected chi connectivity index (χ4v) is 2.07. The van der Waals surface area contributed by atoms with Gasteiger partial charge in [-0.3, -0.25) is 0 Å². The summed E-state index contributed by atoms with van der Waals surface area (Å²) >= 11 is 6.04. The molecule has 0 atom stereocenters. The second kappa shape index (κ2) is 9.25. The van der Waals surface area contributed by atoms with E-state index in [0.29, 0.717) is 26.2 Å². The van der Waals surface area contributed by atoms with E-state index in [0.717, 1.165) is 0 Å². The molecule has 1 aromatic carbocycles. The molecule has 0 aromatic heterocycles. The molecule has 0 spiro atoms. The molecule has 0 fully saturated rings. The predicted molar refractivity (Wildman–Crippen MR) is 89.3 cm³/mol. The van der Waals surface area contributed by atoms with Crippen molar-refractivity contribution >= 4 is 23.8 Å². The van der Waals surface area contributed by atoms with Crippen LogP contribution in [0.3, 0.4) is 0 Å². The van der Waals surface area contributed by atoms with Gasteiger partial charge in [-0.15, -0.1) is 0 Å². The lowest BCUT2D eigenvalue weighted by Crippen LogP contribution is -2.33. The standard InChI is InChI=1S/C16H23ClN2O4/c1-5-18(6-2)15(20)22-12-9-10-13(17)14(11-12)23-16(21)19(7-3)8-4/h9-11H,5-8H2,1-4H3. The Balaban J connectivity index is 2.87. The number of ether oxygens (including phenoxy) is 2. The van der Waals surface area contributed by atoms with Crippen LogP contribution in [-0.2, 0) is 0 Å². The van der Waals surface area contributed by atoms with Gasteiger partial charge in [-0.2, -0.15) is 0 Å². The molecule has 0 saturated carbocycles. The van der Waals surface area contributed by atoms with Gasteiger partial charge >= 0.3 is 12.2 Å². The van der Waals surface area contributed by atoms with E-state index >= 15 is 0 Å². The zero-order valence-corrected chi connectivity index (χ0v) is 14.7. The summed E-state index contributed by atoms with van der Waals surface area (Å²) in [6, 6.07) is 4.51. The first-order valence-corrected chi connectivity index (χ1v) is 8.07. The number of carbonyl (C=O) groups is 2. The van der Waals surface area contributed by atoms with Gasteiger partial charge in [0.15, 0.2) is 5.75 Å². The summed E-state index contributed by atoms with van der Waals surface area (Å²) in [5.41, 5.74) is 0. The Kier molecular flexibility index (Phi) is 7.68. The molecule has 0 saturated heterocycles. The summed E-state index contributed by atoms with van der Waals surface area (Å²) in [5, 5.41) is 0.271. The van der Waals surface area contributed by atoms with Gasteiger partial charge in [-0.25, -0.2) is 9.59 Å². The van der Waals surface area contributed by atoms with Gasteiger partial charge in [-0.05, 0) is 39.8 Å².